The summed E-state index contributed by atoms with van der Waals surface area (Å²) in [5.41, 5.74) is 9.38. The smallest absolute Gasteiger partial charge is 0.160 e. The van der Waals surface area contributed by atoms with E-state index in [0.29, 0.717) is 11.5 Å². The second-order valence-electron chi connectivity index (χ2n) is 10.7. The number of rotatable bonds is 6. The highest BCUT2D eigenvalue weighted by atomic mass is 79.9. The molecule has 0 unspecified atom stereocenters. The van der Waals surface area contributed by atoms with Crippen LogP contribution in [0.3, 0.4) is 0 Å². The summed E-state index contributed by atoms with van der Waals surface area (Å²) >= 11 is 3.80. The van der Waals surface area contributed by atoms with Crippen LogP contribution in [0, 0.1) is 0 Å². The van der Waals surface area contributed by atoms with Crippen LogP contribution in [-0.2, 0) is 0 Å². The van der Waals surface area contributed by atoms with Crippen LogP contribution in [0.25, 0.3) is 27.6 Å². The molecule has 0 amide bonds. The van der Waals surface area contributed by atoms with Gasteiger partial charge in [0.25, 0.3) is 0 Å². The number of amidine groups is 1. The van der Waals surface area contributed by atoms with Crippen LogP contribution < -0.4 is 0 Å². The van der Waals surface area contributed by atoms with Crippen molar-refractivity contribution in [3.05, 3.63) is 160 Å². The summed E-state index contributed by atoms with van der Waals surface area (Å²) in [5.74, 6) is 0.641. The molecule has 0 bridgehead atoms. The van der Waals surface area contributed by atoms with E-state index in [9.17, 15) is 0 Å². The summed E-state index contributed by atoms with van der Waals surface area (Å²) in [5, 5.41) is 2.36. The van der Waals surface area contributed by atoms with Gasteiger partial charge in [0.05, 0.1) is 5.70 Å². The molecule has 0 N–H and O–H groups in total. The second-order valence-corrected chi connectivity index (χ2v) is 11.6. The van der Waals surface area contributed by atoms with Crippen molar-refractivity contribution >= 4 is 55.1 Å². The predicted molar refractivity (Wildman–Crippen MR) is 185 cm³/mol. The second kappa shape index (κ2) is 12.7. The first-order valence-electron chi connectivity index (χ1n) is 14.5. The molecule has 206 valence electrons. The first kappa shape index (κ1) is 27.8. The Labute approximate surface area is 257 Å². The molecule has 2 aliphatic rings. The van der Waals surface area contributed by atoms with Gasteiger partial charge in [0.15, 0.2) is 5.84 Å². The van der Waals surface area contributed by atoms with Crippen LogP contribution in [0.15, 0.2) is 142 Å². The van der Waals surface area contributed by atoms with Gasteiger partial charge in [0, 0.05) is 26.9 Å². The quantitative estimate of drug-likeness (QED) is 0.154. The predicted octanol–water partition coefficient (Wildman–Crippen LogP) is 11.0. The topological polar surface area (TPSA) is 24.7 Å². The number of fused-ring (bicyclic) bond motifs is 1. The van der Waals surface area contributed by atoms with E-state index in [0.717, 1.165) is 52.6 Å². The van der Waals surface area contributed by atoms with Crippen molar-refractivity contribution in [2.24, 2.45) is 9.98 Å². The number of allylic oxidation sites excluding steroid dienone is 8. The van der Waals surface area contributed by atoms with Crippen molar-refractivity contribution in [2.75, 3.05) is 0 Å². The average Bonchev–Trinajstić information content (AvgIpc) is 3.05. The van der Waals surface area contributed by atoms with Crippen LogP contribution in [-0.4, -0.2) is 11.5 Å². The molecule has 4 aromatic carbocycles. The van der Waals surface area contributed by atoms with Gasteiger partial charge in [-0.3, -0.25) is 0 Å². The maximum atomic E-state index is 5.16. The van der Waals surface area contributed by atoms with Gasteiger partial charge in [-0.1, -0.05) is 120 Å². The molecule has 2 nitrogen and oxygen atoms in total. The summed E-state index contributed by atoms with van der Waals surface area (Å²) < 4.78 is 1.01. The fourth-order valence-electron chi connectivity index (χ4n) is 5.43. The molecule has 0 atom stereocenters. The van der Waals surface area contributed by atoms with E-state index in [1.54, 1.807) is 0 Å². The lowest BCUT2D eigenvalue weighted by Crippen LogP contribution is -2.06. The van der Waals surface area contributed by atoms with Crippen molar-refractivity contribution in [2.45, 2.75) is 32.6 Å². The number of hydrogen-bond acceptors (Lipinski definition) is 1. The molecule has 0 radical (unpaired) electrons. The average molecular weight is 610 g/mol. The first-order chi connectivity index (χ1) is 20.5. The highest BCUT2D eigenvalue weighted by Gasteiger charge is 2.12. The van der Waals surface area contributed by atoms with Gasteiger partial charge in [0.2, 0.25) is 0 Å². The summed E-state index contributed by atoms with van der Waals surface area (Å²) in [6.45, 7) is 6.45. The Bertz CT molecular complexity index is 1860. The third-order valence-corrected chi connectivity index (χ3v) is 8.37. The van der Waals surface area contributed by atoms with Crippen LogP contribution in [0.5, 0.6) is 0 Å². The van der Waals surface area contributed by atoms with Gasteiger partial charge in [0.1, 0.15) is 0 Å². The van der Waals surface area contributed by atoms with E-state index in [1.165, 1.54) is 33.0 Å². The van der Waals surface area contributed by atoms with E-state index in [-0.39, 0.29) is 0 Å². The third-order valence-electron chi connectivity index (χ3n) is 7.71. The zero-order valence-corrected chi connectivity index (χ0v) is 25.4. The maximum absolute atomic E-state index is 5.16. The molecule has 0 saturated heterocycles. The molecule has 0 aliphatic heterocycles. The molecular formula is C39H33BrN2. The summed E-state index contributed by atoms with van der Waals surface area (Å²) in [6.07, 6.45) is 17.8. The first-order valence-corrected chi connectivity index (χ1v) is 15.3. The fourth-order valence-corrected chi connectivity index (χ4v) is 6.07. The van der Waals surface area contributed by atoms with Gasteiger partial charge in [-0.05, 0) is 89.9 Å². The number of benzene rings is 4. The Kier molecular flexibility index (Phi) is 8.39. The lowest BCUT2D eigenvalue weighted by atomic mass is 9.97. The Morgan fingerprint density at radius 2 is 1.26 bits per heavy atom. The molecule has 0 aromatic heterocycles. The van der Waals surface area contributed by atoms with Crippen LogP contribution >= 0.6 is 15.9 Å². The summed E-state index contributed by atoms with van der Waals surface area (Å²) in [4.78, 5) is 10.3. The number of hydrogen-bond donors (Lipinski definition) is 0. The molecule has 6 rings (SSSR count). The SMILES string of the molecule is C=C(N=C(N=C(C)c1cc2ccccc2cc1Br)c1cccc(C2=CCCC=C2)c1)c1cccc(C2=CCCC=C2)c1. The van der Waals surface area contributed by atoms with Crippen molar-refractivity contribution < 1.29 is 0 Å². The Morgan fingerprint density at radius 3 is 1.88 bits per heavy atom. The lowest BCUT2D eigenvalue weighted by molar-refractivity contribution is 1.04. The zero-order chi connectivity index (χ0) is 28.9. The molecule has 0 heterocycles. The lowest BCUT2D eigenvalue weighted by Gasteiger charge is -2.12. The van der Waals surface area contributed by atoms with Gasteiger partial charge < -0.3 is 0 Å². The highest BCUT2D eigenvalue weighted by Crippen LogP contribution is 2.28. The molecule has 4 aromatic rings. The molecule has 2 aliphatic carbocycles. The Balaban J connectivity index is 1.43. The number of aliphatic imine (C=N–C) groups is 2. The normalized spacial score (nSPS) is 15.5. The molecule has 0 fully saturated rings. The van der Waals surface area contributed by atoms with Crippen molar-refractivity contribution in [3.63, 3.8) is 0 Å². The van der Waals surface area contributed by atoms with Gasteiger partial charge in [-0.15, -0.1) is 0 Å². The third kappa shape index (κ3) is 6.27. The van der Waals surface area contributed by atoms with E-state index in [4.69, 9.17) is 9.98 Å². The van der Waals surface area contributed by atoms with E-state index in [2.05, 4.69) is 144 Å². The molecule has 42 heavy (non-hydrogen) atoms. The molecular weight excluding hydrogens is 576 g/mol. The maximum Gasteiger partial charge on any atom is 0.160 e. The fraction of sp³-hybridized carbons (Fsp3) is 0.128. The van der Waals surface area contributed by atoms with Gasteiger partial charge in [-0.2, -0.15) is 0 Å². The minimum atomic E-state index is 0.641. The minimum absolute atomic E-state index is 0.641. The number of halogens is 1. The van der Waals surface area contributed by atoms with Crippen molar-refractivity contribution in [1.82, 2.24) is 0 Å². The standard InChI is InChI=1S/C39H33BrN2/c1-27(31-19-11-20-32(23-31)29-13-5-3-6-14-29)41-39(36-22-12-21-33(24-36)30-15-7-4-8-16-30)42-28(2)37-25-34-17-9-10-18-35(34)26-38(37)40/h5,7,9-26H,1,3-4,6,8H2,2H3. The van der Waals surface area contributed by atoms with E-state index in [1.807, 2.05) is 6.92 Å². The number of nitrogens with zero attached hydrogens (tertiary/aromatic N) is 2. The molecule has 0 spiro atoms. The monoisotopic (exact) mass is 608 g/mol. The van der Waals surface area contributed by atoms with Crippen molar-refractivity contribution in [1.29, 1.82) is 0 Å². The van der Waals surface area contributed by atoms with Crippen LogP contribution in [0.2, 0.25) is 0 Å². The van der Waals surface area contributed by atoms with Gasteiger partial charge >= 0.3 is 0 Å². The van der Waals surface area contributed by atoms with Crippen LogP contribution in [0.1, 0.15) is 60.4 Å². The van der Waals surface area contributed by atoms with Crippen LogP contribution in [0.4, 0.5) is 0 Å². The summed E-state index contributed by atoms with van der Waals surface area (Å²) in [6, 6.07) is 29.7. The molecule has 3 heteroatoms. The Hall–Kier alpha value is -4.34. The zero-order valence-electron chi connectivity index (χ0n) is 23.9. The minimum Gasteiger partial charge on any atom is -0.233 e. The largest absolute Gasteiger partial charge is 0.233 e. The van der Waals surface area contributed by atoms with E-state index >= 15 is 0 Å². The highest BCUT2D eigenvalue weighted by molar-refractivity contribution is 9.10. The van der Waals surface area contributed by atoms with E-state index < -0.39 is 0 Å². The van der Waals surface area contributed by atoms with Gasteiger partial charge in [-0.25, -0.2) is 9.98 Å². The molecule has 0 saturated carbocycles. The Morgan fingerprint density at radius 1 is 0.667 bits per heavy atom. The van der Waals surface area contributed by atoms with Crippen molar-refractivity contribution in [3.8, 4) is 0 Å². The summed E-state index contributed by atoms with van der Waals surface area (Å²) in [7, 11) is 0.